The van der Waals surface area contributed by atoms with Crippen molar-refractivity contribution in [3.8, 4) is 0 Å². The van der Waals surface area contributed by atoms with E-state index >= 15 is 0 Å². The van der Waals surface area contributed by atoms with Crippen LogP contribution in [0, 0.1) is 0 Å². The highest BCUT2D eigenvalue weighted by molar-refractivity contribution is 5.70. The van der Waals surface area contributed by atoms with Crippen molar-refractivity contribution < 1.29 is 14.3 Å². The Morgan fingerprint density at radius 2 is 0.915 bits per heavy atom. The van der Waals surface area contributed by atoms with Crippen LogP contribution in [0.1, 0.15) is 181 Å². The maximum atomic E-state index is 12.2. The van der Waals surface area contributed by atoms with Crippen LogP contribution in [0.15, 0.2) is 48.6 Å². The van der Waals surface area contributed by atoms with Gasteiger partial charge in [0.15, 0.2) is 0 Å². The van der Waals surface area contributed by atoms with E-state index in [0.717, 1.165) is 32.2 Å². The van der Waals surface area contributed by atoms with Crippen LogP contribution in [0.2, 0.25) is 0 Å². The van der Waals surface area contributed by atoms with Gasteiger partial charge in [0.25, 0.3) is 0 Å². The monoisotopic (exact) mass is 658 g/mol. The summed E-state index contributed by atoms with van der Waals surface area (Å²) in [6.07, 6.45) is 51.3. The van der Waals surface area contributed by atoms with Crippen molar-refractivity contribution in [1.82, 2.24) is 4.90 Å². The molecule has 0 bridgehead atoms. The van der Waals surface area contributed by atoms with Crippen LogP contribution in [0.5, 0.6) is 0 Å². The van der Waals surface area contributed by atoms with Crippen molar-refractivity contribution in [2.24, 2.45) is 0 Å². The molecule has 0 spiro atoms. The summed E-state index contributed by atoms with van der Waals surface area (Å²) in [5, 5.41) is 0. The third kappa shape index (κ3) is 38.7. The van der Waals surface area contributed by atoms with Crippen LogP contribution < -0.4 is 0 Å². The summed E-state index contributed by atoms with van der Waals surface area (Å²) in [6.45, 7) is 5.78. The second-order valence-electron chi connectivity index (χ2n) is 13.7. The van der Waals surface area contributed by atoms with E-state index in [0.29, 0.717) is 6.61 Å². The molecule has 0 saturated carbocycles. The molecule has 0 radical (unpaired) electrons. The molecule has 4 heteroatoms. The second kappa shape index (κ2) is 38.8. The summed E-state index contributed by atoms with van der Waals surface area (Å²) < 4.78 is 11.4. The standard InChI is InChI=1S/C43H79NO3/c1-5-7-9-11-13-15-17-19-21-23-25-27-29-31-33-35-37-42(47-41-43(45)46-40-39-44(3)4)38-36-34-32-30-28-26-24-22-20-18-16-14-12-10-8-6-2/h13-16,19-22,42H,5-12,17-18,23-41H2,1-4H3/b15-13-,16-14-,21-19-,22-20-. The average molecular weight is 658 g/mol. The first kappa shape index (κ1) is 45.3. The number of unbranched alkanes of at least 4 members (excludes halogenated alkanes) is 18. The highest BCUT2D eigenvalue weighted by Crippen LogP contribution is 2.17. The Morgan fingerprint density at radius 3 is 1.32 bits per heavy atom. The number of ether oxygens (including phenoxy) is 2. The molecule has 0 aliphatic heterocycles. The van der Waals surface area contributed by atoms with Crippen molar-refractivity contribution in [1.29, 1.82) is 0 Å². The van der Waals surface area contributed by atoms with Crippen LogP contribution in [-0.2, 0) is 14.3 Å². The van der Waals surface area contributed by atoms with Gasteiger partial charge in [-0.1, -0.05) is 152 Å². The minimum absolute atomic E-state index is 0.0857. The number of esters is 1. The van der Waals surface area contributed by atoms with Crippen LogP contribution in [0.4, 0.5) is 0 Å². The fraction of sp³-hybridized carbons (Fsp3) is 0.791. The van der Waals surface area contributed by atoms with Crippen molar-refractivity contribution in [2.45, 2.75) is 187 Å². The number of nitrogens with zero attached hydrogens (tertiary/aromatic N) is 1. The third-order valence-electron chi connectivity index (χ3n) is 8.69. The molecule has 0 aromatic rings. The molecule has 47 heavy (non-hydrogen) atoms. The van der Waals surface area contributed by atoms with E-state index in [1.165, 1.54) is 141 Å². The first-order valence-electron chi connectivity index (χ1n) is 20.1. The Kier molecular flexibility index (Phi) is 37.4. The molecular weight excluding hydrogens is 578 g/mol. The molecule has 0 N–H and O–H groups in total. The average Bonchev–Trinajstić information content (AvgIpc) is 3.06. The molecule has 0 fully saturated rings. The second-order valence-corrected chi connectivity index (χ2v) is 13.7. The van der Waals surface area contributed by atoms with Crippen molar-refractivity contribution in [2.75, 3.05) is 33.9 Å². The van der Waals surface area contributed by atoms with Gasteiger partial charge in [-0.2, -0.15) is 0 Å². The third-order valence-corrected chi connectivity index (χ3v) is 8.69. The zero-order valence-electron chi connectivity index (χ0n) is 31.9. The number of carbonyl (C=O) groups excluding carboxylic acids is 1. The van der Waals surface area contributed by atoms with Crippen molar-refractivity contribution in [3.63, 3.8) is 0 Å². The fourth-order valence-corrected chi connectivity index (χ4v) is 5.60. The predicted octanol–water partition coefficient (Wildman–Crippen LogP) is 12.9. The Morgan fingerprint density at radius 1 is 0.532 bits per heavy atom. The highest BCUT2D eigenvalue weighted by atomic mass is 16.6. The molecule has 0 aromatic carbocycles. The Balaban J connectivity index is 4.05. The maximum absolute atomic E-state index is 12.2. The van der Waals surface area contributed by atoms with Crippen LogP contribution in [-0.4, -0.2) is 50.8 Å². The number of likely N-dealkylation sites (N-methyl/N-ethyl adjacent to an activating group) is 1. The fourth-order valence-electron chi connectivity index (χ4n) is 5.60. The van der Waals surface area contributed by atoms with Gasteiger partial charge in [0.1, 0.15) is 13.2 Å². The number of allylic oxidation sites excluding steroid dienone is 8. The van der Waals surface area contributed by atoms with Gasteiger partial charge >= 0.3 is 5.97 Å². The van der Waals surface area contributed by atoms with E-state index in [1.54, 1.807) is 0 Å². The molecule has 0 aliphatic rings. The van der Waals surface area contributed by atoms with Crippen molar-refractivity contribution in [3.05, 3.63) is 48.6 Å². The minimum Gasteiger partial charge on any atom is -0.463 e. The van der Waals surface area contributed by atoms with Gasteiger partial charge in [0.05, 0.1) is 6.10 Å². The molecular formula is C43H79NO3. The van der Waals surface area contributed by atoms with Gasteiger partial charge in [-0.15, -0.1) is 0 Å². The topological polar surface area (TPSA) is 38.8 Å². The van der Waals surface area contributed by atoms with Gasteiger partial charge in [-0.05, 0) is 91.1 Å². The lowest BCUT2D eigenvalue weighted by Crippen LogP contribution is -2.24. The molecule has 4 nitrogen and oxygen atoms in total. The van der Waals surface area contributed by atoms with E-state index < -0.39 is 0 Å². The van der Waals surface area contributed by atoms with Gasteiger partial charge in [0.2, 0.25) is 0 Å². The van der Waals surface area contributed by atoms with Gasteiger partial charge in [-0.3, -0.25) is 0 Å². The molecule has 0 rings (SSSR count). The normalized spacial score (nSPS) is 12.4. The SMILES string of the molecule is CCCCC/C=C\C/C=C\CCCCCCCCC(CCCCCCCC/C=C\C/C=C\CCCCC)OCC(=O)OCCN(C)C. The first-order chi connectivity index (χ1) is 23.1. The van der Waals surface area contributed by atoms with Gasteiger partial charge < -0.3 is 14.4 Å². The summed E-state index contributed by atoms with van der Waals surface area (Å²) in [5.74, 6) is -0.231. The molecule has 274 valence electrons. The Labute approximate surface area is 293 Å². The molecule has 0 heterocycles. The zero-order valence-corrected chi connectivity index (χ0v) is 31.9. The summed E-state index contributed by atoms with van der Waals surface area (Å²) in [7, 11) is 3.97. The molecule has 0 saturated heterocycles. The molecule has 0 amide bonds. The minimum atomic E-state index is -0.231. The Bertz CT molecular complexity index is 706. The molecule has 0 aliphatic carbocycles. The molecule has 0 aromatic heterocycles. The van der Waals surface area contributed by atoms with E-state index in [4.69, 9.17) is 9.47 Å². The maximum Gasteiger partial charge on any atom is 0.332 e. The smallest absolute Gasteiger partial charge is 0.332 e. The molecule has 0 unspecified atom stereocenters. The lowest BCUT2D eigenvalue weighted by atomic mass is 10.0. The van der Waals surface area contributed by atoms with Gasteiger partial charge in [0, 0.05) is 6.54 Å². The molecule has 0 atom stereocenters. The van der Waals surface area contributed by atoms with Crippen LogP contribution in [0.25, 0.3) is 0 Å². The van der Waals surface area contributed by atoms with Crippen LogP contribution in [0.3, 0.4) is 0 Å². The lowest BCUT2D eigenvalue weighted by Gasteiger charge is -2.18. The van der Waals surface area contributed by atoms with E-state index in [1.807, 2.05) is 19.0 Å². The van der Waals surface area contributed by atoms with E-state index in [9.17, 15) is 4.79 Å². The highest BCUT2D eigenvalue weighted by Gasteiger charge is 2.12. The van der Waals surface area contributed by atoms with Crippen molar-refractivity contribution >= 4 is 5.97 Å². The number of hydrogen-bond acceptors (Lipinski definition) is 4. The lowest BCUT2D eigenvalue weighted by molar-refractivity contribution is -0.151. The van der Waals surface area contributed by atoms with E-state index in [-0.39, 0.29) is 18.7 Å². The largest absolute Gasteiger partial charge is 0.463 e. The summed E-state index contributed by atoms with van der Waals surface area (Å²) in [6, 6.07) is 0. The number of rotatable bonds is 36. The summed E-state index contributed by atoms with van der Waals surface area (Å²) in [5.41, 5.74) is 0. The predicted molar refractivity (Wildman–Crippen MR) is 207 cm³/mol. The zero-order chi connectivity index (χ0) is 34.3. The number of hydrogen-bond donors (Lipinski definition) is 0. The first-order valence-corrected chi connectivity index (χ1v) is 20.1. The summed E-state index contributed by atoms with van der Waals surface area (Å²) >= 11 is 0. The van der Waals surface area contributed by atoms with E-state index in [2.05, 4.69) is 62.5 Å². The Hall–Kier alpha value is -1.65. The quantitative estimate of drug-likeness (QED) is 0.0382. The number of carbonyl (C=O) groups is 1. The van der Waals surface area contributed by atoms with Crippen LogP contribution >= 0.6 is 0 Å². The summed E-state index contributed by atoms with van der Waals surface area (Å²) in [4.78, 5) is 14.2. The van der Waals surface area contributed by atoms with Gasteiger partial charge in [-0.25, -0.2) is 4.79 Å².